The zero-order valence-electron chi connectivity index (χ0n) is 17.5. The normalized spacial score (nSPS) is 36.9. The lowest BCUT2D eigenvalue weighted by molar-refractivity contribution is -0.0411. The number of rotatable bonds is 4. The quantitative estimate of drug-likeness (QED) is 0.594. The molecule has 0 saturated heterocycles. The molecule has 0 aromatic heterocycles. The van der Waals surface area contributed by atoms with Gasteiger partial charge in [0.2, 0.25) is 0 Å². The predicted molar refractivity (Wildman–Crippen MR) is 123 cm³/mol. The number of benzene rings is 2. The molecule has 2 aliphatic carbocycles. The Labute approximate surface area is 186 Å². The number of hydrogen-bond acceptors (Lipinski definition) is 7. The number of hydrogen-bond donors (Lipinski definition) is 4. The Morgan fingerprint density at radius 2 is 1.75 bits per heavy atom. The molecular formula is C25H26N4O3. The molecule has 32 heavy (non-hydrogen) atoms. The van der Waals surface area contributed by atoms with Crippen molar-refractivity contribution >= 4 is 23.4 Å². The lowest BCUT2D eigenvalue weighted by Crippen LogP contribution is -2.49. The third-order valence-electron chi connectivity index (χ3n) is 7.58. The number of nitrogens with zero attached hydrogens (tertiary/aromatic N) is 3. The summed E-state index contributed by atoms with van der Waals surface area (Å²) in [5, 5.41) is 35.0. The molecule has 4 aliphatic rings. The summed E-state index contributed by atoms with van der Waals surface area (Å²) < 4.78 is 0. The molecule has 7 heteroatoms. The van der Waals surface area contributed by atoms with Gasteiger partial charge in [0, 0.05) is 17.3 Å². The van der Waals surface area contributed by atoms with E-state index in [1.807, 2.05) is 48.5 Å². The van der Waals surface area contributed by atoms with Crippen LogP contribution in [0.15, 0.2) is 76.8 Å². The van der Waals surface area contributed by atoms with Crippen molar-refractivity contribution in [3.8, 4) is 0 Å². The maximum absolute atomic E-state index is 10.9. The van der Waals surface area contributed by atoms with Gasteiger partial charge >= 0.3 is 0 Å². The Hall–Kier alpha value is -3.00. The van der Waals surface area contributed by atoms with Crippen LogP contribution in [0, 0.1) is 17.3 Å². The standard InChI is InChI=1S/C25H26N4O3/c30-13-25-11-18(25)20(21(31)22(25)32)29-12-17(15-7-3-1-4-8-15)19-23(26-14-27-24(19)29)28-16-9-5-2-6-10-16/h1-10,12,14,18-22,24,30-32H,11,13H2,(H,26,27,28)/t18-,19?,20-,21-,22?,24?,25+/m1/s1. The van der Waals surface area contributed by atoms with Gasteiger partial charge in [-0.15, -0.1) is 0 Å². The van der Waals surface area contributed by atoms with Crippen molar-refractivity contribution in [1.82, 2.24) is 4.90 Å². The molecule has 164 valence electrons. The van der Waals surface area contributed by atoms with Gasteiger partial charge in [0.1, 0.15) is 24.4 Å². The molecule has 0 spiro atoms. The van der Waals surface area contributed by atoms with Crippen LogP contribution in [0.2, 0.25) is 0 Å². The maximum Gasteiger partial charge on any atom is 0.136 e. The summed E-state index contributed by atoms with van der Waals surface area (Å²) in [5.74, 6) is 0.685. The van der Waals surface area contributed by atoms with Crippen molar-refractivity contribution in [3.63, 3.8) is 0 Å². The molecule has 2 aliphatic heterocycles. The second kappa shape index (κ2) is 7.27. The van der Waals surface area contributed by atoms with Crippen LogP contribution in [0.4, 0.5) is 5.69 Å². The Balaban J connectivity index is 1.39. The molecule has 0 radical (unpaired) electrons. The molecule has 0 bridgehead atoms. The number of amidine groups is 1. The summed E-state index contributed by atoms with van der Waals surface area (Å²) in [6, 6.07) is 19.8. The van der Waals surface area contributed by atoms with Gasteiger partial charge in [-0.25, -0.2) is 9.98 Å². The van der Waals surface area contributed by atoms with Gasteiger partial charge < -0.3 is 25.5 Å². The largest absolute Gasteiger partial charge is 0.396 e. The topological polar surface area (TPSA) is 101 Å². The zero-order valence-corrected chi connectivity index (χ0v) is 17.5. The van der Waals surface area contributed by atoms with Gasteiger partial charge in [0.25, 0.3) is 0 Å². The third kappa shape index (κ3) is 2.78. The minimum absolute atomic E-state index is 0.0316. The van der Waals surface area contributed by atoms with Gasteiger partial charge in [-0.3, -0.25) is 0 Å². The highest BCUT2D eigenvalue weighted by Gasteiger charge is 2.72. The molecule has 4 N–H and O–H groups in total. The van der Waals surface area contributed by atoms with Crippen LogP contribution in [-0.2, 0) is 0 Å². The summed E-state index contributed by atoms with van der Waals surface area (Å²) in [6.07, 6.45) is 2.20. The highest BCUT2D eigenvalue weighted by molar-refractivity contribution is 6.09. The molecule has 2 aromatic rings. The van der Waals surface area contributed by atoms with Crippen LogP contribution in [0.5, 0.6) is 0 Å². The van der Waals surface area contributed by atoms with Crippen LogP contribution in [0.3, 0.4) is 0 Å². The summed E-state index contributed by atoms with van der Waals surface area (Å²) in [4.78, 5) is 11.4. The first-order valence-corrected chi connectivity index (χ1v) is 11.1. The van der Waals surface area contributed by atoms with Crippen molar-refractivity contribution in [2.24, 2.45) is 27.2 Å². The third-order valence-corrected chi connectivity index (χ3v) is 7.58. The number of anilines is 1. The van der Waals surface area contributed by atoms with Crippen LogP contribution >= 0.6 is 0 Å². The first-order chi connectivity index (χ1) is 15.6. The summed E-state index contributed by atoms with van der Waals surface area (Å²) >= 11 is 0. The minimum atomic E-state index is -0.937. The van der Waals surface area contributed by atoms with Crippen molar-refractivity contribution in [1.29, 1.82) is 0 Å². The van der Waals surface area contributed by atoms with Gasteiger partial charge in [-0.05, 0) is 35.6 Å². The van der Waals surface area contributed by atoms with Crippen molar-refractivity contribution in [3.05, 3.63) is 72.4 Å². The number of aliphatic hydroxyl groups is 3. The van der Waals surface area contributed by atoms with E-state index in [0.29, 0.717) is 6.42 Å². The average molecular weight is 431 g/mol. The first-order valence-electron chi connectivity index (χ1n) is 11.1. The first kappa shape index (κ1) is 19.7. The molecular weight excluding hydrogens is 404 g/mol. The number of nitrogens with one attached hydrogen (secondary N) is 1. The van der Waals surface area contributed by atoms with Crippen LogP contribution < -0.4 is 5.32 Å². The van der Waals surface area contributed by atoms with E-state index in [0.717, 1.165) is 22.7 Å². The van der Waals surface area contributed by atoms with Gasteiger partial charge in [-0.2, -0.15) is 0 Å². The SMILES string of the molecule is OC[C@@]12C[C@@H]1[C@@H](N1C=C(c3ccccc3)C3C(Nc4ccccc4)=NC=NC31)[C@@H](O)C2O. The van der Waals surface area contributed by atoms with Crippen molar-refractivity contribution in [2.45, 2.75) is 30.8 Å². The van der Waals surface area contributed by atoms with Crippen LogP contribution in [0.25, 0.3) is 5.57 Å². The van der Waals surface area contributed by atoms with Gasteiger partial charge in [-0.1, -0.05) is 48.5 Å². The van der Waals surface area contributed by atoms with E-state index in [1.54, 1.807) is 6.34 Å². The summed E-state index contributed by atoms with van der Waals surface area (Å²) in [7, 11) is 0. The fraction of sp³-hybridized carbons (Fsp3) is 0.360. The monoisotopic (exact) mass is 430 g/mol. The second-order valence-corrected chi connectivity index (χ2v) is 9.19. The molecule has 7 atom stereocenters. The number of para-hydroxylation sites is 1. The average Bonchev–Trinajstić information content (AvgIpc) is 3.38. The lowest BCUT2D eigenvalue weighted by atomic mass is 9.91. The Bertz CT molecular complexity index is 1100. The van der Waals surface area contributed by atoms with E-state index < -0.39 is 17.6 Å². The number of fused-ring (bicyclic) bond motifs is 2. The maximum atomic E-state index is 10.9. The molecule has 2 heterocycles. The predicted octanol–water partition coefficient (Wildman–Crippen LogP) is 1.94. The molecule has 2 saturated carbocycles. The molecule has 0 amide bonds. The summed E-state index contributed by atoms with van der Waals surface area (Å²) in [5.41, 5.74) is 2.49. The summed E-state index contributed by atoms with van der Waals surface area (Å²) in [6.45, 7) is -0.116. The lowest BCUT2D eigenvalue weighted by Gasteiger charge is -2.36. The molecule has 2 aromatic carbocycles. The van der Waals surface area contributed by atoms with E-state index in [2.05, 4.69) is 33.5 Å². The van der Waals surface area contributed by atoms with E-state index in [9.17, 15) is 15.3 Å². The number of aliphatic hydroxyl groups excluding tert-OH is 3. The van der Waals surface area contributed by atoms with Crippen molar-refractivity contribution < 1.29 is 15.3 Å². The second-order valence-electron chi connectivity index (χ2n) is 9.19. The highest BCUT2D eigenvalue weighted by atomic mass is 16.3. The van der Waals surface area contributed by atoms with Crippen LogP contribution in [0.1, 0.15) is 12.0 Å². The van der Waals surface area contributed by atoms with Gasteiger partial charge in [0.05, 0.1) is 24.7 Å². The van der Waals surface area contributed by atoms with Crippen molar-refractivity contribution in [2.75, 3.05) is 11.9 Å². The molecule has 3 unspecified atom stereocenters. The highest BCUT2D eigenvalue weighted by Crippen LogP contribution is 2.65. The fourth-order valence-electron chi connectivity index (χ4n) is 5.85. The van der Waals surface area contributed by atoms with E-state index in [1.165, 1.54) is 0 Å². The zero-order chi connectivity index (χ0) is 21.9. The smallest absolute Gasteiger partial charge is 0.136 e. The van der Waals surface area contributed by atoms with Crippen LogP contribution in [-0.4, -0.2) is 63.4 Å². The molecule has 2 fully saturated rings. The Kier molecular flexibility index (Phi) is 4.47. The fourth-order valence-corrected chi connectivity index (χ4v) is 5.85. The Morgan fingerprint density at radius 3 is 2.44 bits per heavy atom. The number of aliphatic imine (C=N–C) groups is 2. The Morgan fingerprint density at radius 1 is 1.03 bits per heavy atom. The molecule has 7 nitrogen and oxygen atoms in total. The van der Waals surface area contributed by atoms with E-state index in [-0.39, 0.29) is 30.7 Å². The molecule has 6 rings (SSSR count). The van der Waals surface area contributed by atoms with E-state index in [4.69, 9.17) is 4.99 Å². The van der Waals surface area contributed by atoms with E-state index >= 15 is 0 Å². The van der Waals surface area contributed by atoms with Gasteiger partial charge in [0.15, 0.2) is 0 Å². The minimum Gasteiger partial charge on any atom is -0.396 e.